The molecule has 2 nitrogen and oxygen atoms in total. The Morgan fingerprint density at radius 1 is 0.500 bits per heavy atom. The van der Waals surface area contributed by atoms with E-state index >= 15 is 0 Å². The highest BCUT2D eigenvalue weighted by atomic mass is 32.1. The Hall–Kier alpha value is -2.56. The highest BCUT2D eigenvalue weighted by Gasteiger charge is 2.07. The molecule has 0 spiro atoms. The van der Waals surface area contributed by atoms with Gasteiger partial charge in [-0.2, -0.15) is 0 Å². The van der Waals surface area contributed by atoms with Crippen molar-refractivity contribution in [3.63, 3.8) is 0 Å². The van der Waals surface area contributed by atoms with Gasteiger partial charge >= 0.3 is 0 Å². The first-order chi connectivity index (χ1) is 11.7. The second-order valence-electron chi connectivity index (χ2n) is 4.98. The molecule has 4 heteroatoms. The number of rotatable bonds is 4. The number of thiocarbonyl (C=S) groups is 2. The minimum Gasteiger partial charge on any atom is -0.445 e. The Morgan fingerprint density at radius 3 is 1.17 bits per heavy atom. The molecule has 0 bridgehead atoms. The maximum absolute atomic E-state index is 5.66. The van der Waals surface area contributed by atoms with Crippen LogP contribution in [-0.2, 0) is 0 Å². The number of hydrogen-bond acceptors (Lipinski definition) is 4. The summed E-state index contributed by atoms with van der Waals surface area (Å²) in [4.78, 5) is 0. The van der Waals surface area contributed by atoms with E-state index in [1.54, 1.807) is 0 Å². The SMILES string of the molecule is S=C(Oc1ccccc1)c1ccc(C(=S)Oc2ccccc2)cc1. The second-order valence-corrected chi connectivity index (χ2v) is 5.72. The summed E-state index contributed by atoms with van der Waals surface area (Å²) in [5, 5.41) is 0.838. The largest absolute Gasteiger partial charge is 0.445 e. The summed E-state index contributed by atoms with van der Waals surface area (Å²) in [6, 6.07) is 26.4. The van der Waals surface area contributed by atoms with E-state index in [4.69, 9.17) is 33.9 Å². The molecule has 0 saturated heterocycles. The summed E-state index contributed by atoms with van der Waals surface area (Å²) in [6.45, 7) is 0. The molecule has 0 aliphatic carbocycles. The molecule has 24 heavy (non-hydrogen) atoms. The Kier molecular flexibility index (Phi) is 5.31. The van der Waals surface area contributed by atoms with Crippen molar-refractivity contribution in [2.75, 3.05) is 0 Å². The zero-order valence-electron chi connectivity index (χ0n) is 12.7. The van der Waals surface area contributed by atoms with Gasteiger partial charge in [-0.1, -0.05) is 36.4 Å². The van der Waals surface area contributed by atoms with Gasteiger partial charge in [0, 0.05) is 11.1 Å². The van der Waals surface area contributed by atoms with Crippen molar-refractivity contribution >= 4 is 34.5 Å². The van der Waals surface area contributed by atoms with Crippen molar-refractivity contribution in [1.82, 2.24) is 0 Å². The van der Waals surface area contributed by atoms with Crippen LogP contribution in [-0.4, -0.2) is 10.1 Å². The zero-order valence-corrected chi connectivity index (χ0v) is 14.3. The molecule has 0 saturated carbocycles. The van der Waals surface area contributed by atoms with Gasteiger partial charge in [0.15, 0.2) is 10.1 Å². The van der Waals surface area contributed by atoms with Crippen molar-refractivity contribution in [1.29, 1.82) is 0 Å². The van der Waals surface area contributed by atoms with Crippen LogP contribution in [0.4, 0.5) is 0 Å². The maximum Gasteiger partial charge on any atom is 0.198 e. The van der Waals surface area contributed by atoms with Gasteiger partial charge < -0.3 is 9.47 Å². The molecular weight excluding hydrogens is 336 g/mol. The molecule has 3 aromatic rings. The van der Waals surface area contributed by atoms with Crippen molar-refractivity contribution in [2.24, 2.45) is 0 Å². The summed E-state index contributed by atoms with van der Waals surface area (Å²) < 4.78 is 11.3. The number of hydrogen-bond donors (Lipinski definition) is 0. The Morgan fingerprint density at radius 2 is 0.833 bits per heavy atom. The lowest BCUT2D eigenvalue weighted by molar-refractivity contribution is 0.565. The molecule has 3 rings (SSSR count). The van der Waals surface area contributed by atoms with Gasteiger partial charge in [0.05, 0.1) is 0 Å². The standard InChI is InChI=1S/C20H14O2S2/c23-19(21-17-7-3-1-4-8-17)15-11-13-16(14-12-15)20(24)22-18-9-5-2-6-10-18/h1-14H. The normalized spacial score (nSPS) is 10.0. The minimum absolute atomic E-state index is 0.419. The van der Waals surface area contributed by atoms with Crippen molar-refractivity contribution < 1.29 is 9.47 Å². The molecule has 0 fully saturated rings. The van der Waals surface area contributed by atoms with E-state index in [9.17, 15) is 0 Å². The van der Waals surface area contributed by atoms with Gasteiger partial charge in [-0.15, -0.1) is 0 Å². The molecule has 3 aromatic carbocycles. The lowest BCUT2D eigenvalue weighted by atomic mass is 10.1. The molecule has 0 aliphatic rings. The molecule has 0 N–H and O–H groups in total. The first-order valence-electron chi connectivity index (χ1n) is 7.37. The Bertz CT molecular complexity index is 756. The molecule has 118 valence electrons. The summed E-state index contributed by atoms with van der Waals surface area (Å²) in [6.07, 6.45) is 0. The highest BCUT2D eigenvalue weighted by Crippen LogP contribution is 2.16. The van der Waals surface area contributed by atoms with Crippen LogP contribution < -0.4 is 9.47 Å². The van der Waals surface area contributed by atoms with Gasteiger partial charge in [0.25, 0.3) is 0 Å². The van der Waals surface area contributed by atoms with Gasteiger partial charge in [-0.05, 0) is 73.0 Å². The molecule has 0 aromatic heterocycles. The quantitative estimate of drug-likeness (QED) is 0.602. The summed E-state index contributed by atoms with van der Waals surface area (Å²) >= 11 is 10.7. The predicted molar refractivity (Wildman–Crippen MR) is 104 cm³/mol. The number of benzene rings is 3. The summed E-state index contributed by atoms with van der Waals surface area (Å²) in [5.74, 6) is 1.43. The van der Waals surface area contributed by atoms with E-state index in [1.165, 1.54) is 0 Å². The monoisotopic (exact) mass is 350 g/mol. The average Bonchev–Trinajstić information content (AvgIpc) is 2.63. The molecule has 0 radical (unpaired) electrons. The molecule has 0 unspecified atom stereocenters. The molecular formula is C20H14O2S2. The first-order valence-corrected chi connectivity index (χ1v) is 8.18. The van der Waals surface area contributed by atoms with Crippen LogP contribution in [0.1, 0.15) is 11.1 Å². The van der Waals surface area contributed by atoms with Crippen LogP contribution in [0.15, 0.2) is 84.9 Å². The molecule has 0 atom stereocenters. The van der Waals surface area contributed by atoms with Crippen molar-refractivity contribution in [3.05, 3.63) is 96.1 Å². The van der Waals surface area contributed by atoms with Crippen molar-refractivity contribution in [2.45, 2.75) is 0 Å². The molecule has 0 amide bonds. The number of para-hydroxylation sites is 2. The topological polar surface area (TPSA) is 18.5 Å². The highest BCUT2D eigenvalue weighted by molar-refractivity contribution is 7.80. The fraction of sp³-hybridized carbons (Fsp3) is 0. The molecule has 0 heterocycles. The van der Waals surface area contributed by atoms with E-state index in [-0.39, 0.29) is 0 Å². The third kappa shape index (κ3) is 4.25. The van der Waals surface area contributed by atoms with E-state index in [1.807, 2.05) is 84.9 Å². The van der Waals surface area contributed by atoms with Crippen LogP contribution in [0.5, 0.6) is 11.5 Å². The second kappa shape index (κ2) is 7.81. The lowest BCUT2D eigenvalue weighted by Gasteiger charge is -2.09. The van der Waals surface area contributed by atoms with E-state index in [2.05, 4.69) is 0 Å². The van der Waals surface area contributed by atoms with E-state index in [0.717, 1.165) is 22.6 Å². The maximum atomic E-state index is 5.66. The van der Waals surface area contributed by atoms with E-state index in [0.29, 0.717) is 10.1 Å². The smallest absolute Gasteiger partial charge is 0.198 e. The first kappa shape index (κ1) is 16.3. The van der Waals surface area contributed by atoms with Crippen LogP contribution in [0.25, 0.3) is 0 Å². The average molecular weight is 350 g/mol. The summed E-state index contributed by atoms with van der Waals surface area (Å²) in [5.41, 5.74) is 1.64. The lowest BCUT2D eigenvalue weighted by Crippen LogP contribution is -2.09. The molecule has 0 aliphatic heterocycles. The van der Waals surface area contributed by atoms with Crippen LogP contribution in [0, 0.1) is 0 Å². The van der Waals surface area contributed by atoms with E-state index < -0.39 is 0 Å². The predicted octanol–water partition coefficient (Wildman–Crippen LogP) is 5.20. The van der Waals surface area contributed by atoms with Crippen LogP contribution >= 0.6 is 24.4 Å². The van der Waals surface area contributed by atoms with Crippen LogP contribution in [0.3, 0.4) is 0 Å². The summed E-state index contributed by atoms with van der Waals surface area (Å²) in [7, 11) is 0. The third-order valence-corrected chi connectivity index (χ3v) is 3.90. The van der Waals surface area contributed by atoms with Gasteiger partial charge in [0.1, 0.15) is 11.5 Å². The van der Waals surface area contributed by atoms with Gasteiger partial charge in [0.2, 0.25) is 0 Å². The Labute approximate surface area is 151 Å². The fourth-order valence-corrected chi connectivity index (χ4v) is 2.52. The van der Waals surface area contributed by atoms with Crippen LogP contribution in [0.2, 0.25) is 0 Å². The zero-order chi connectivity index (χ0) is 16.8. The van der Waals surface area contributed by atoms with Crippen molar-refractivity contribution in [3.8, 4) is 11.5 Å². The van der Waals surface area contributed by atoms with Gasteiger partial charge in [-0.25, -0.2) is 0 Å². The number of ether oxygens (including phenoxy) is 2. The third-order valence-electron chi connectivity index (χ3n) is 3.26. The fourth-order valence-electron chi connectivity index (χ4n) is 2.05. The minimum atomic E-state index is 0.419. The van der Waals surface area contributed by atoms with Gasteiger partial charge in [-0.3, -0.25) is 0 Å². The Balaban J connectivity index is 1.66.